The van der Waals surface area contributed by atoms with Crippen LogP contribution in [0.4, 0.5) is 18.9 Å². The molecule has 0 fully saturated rings. The Kier molecular flexibility index (Phi) is 5.57. The fourth-order valence-corrected chi connectivity index (χ4v) is 2.48. The molecule has 0 aliphatic heterocycles. The molecule has 0 unspecified atom stereocenters. The average Bonchev–Trinajstić information content (AvgIpc) is 3.00. The standard InChI is InChI=1S/C18H17F3N4O3/c1-27-15-4-2-3-13(9-15)22-10-16-23-17(26)25(24-16)11-12-5-7-14(8-6-12)28-18(19,20)21/h2-9,22H,10-11H2,1H3,(H,23,24,26). The summed E-state index contributed by atoms with van der Waals surface area (Å²) < 4.78 is 46.7. The zero-order chi connectivity index (χ0) is 20.1. The van der Waals surface area contributed by atoms with Crippen molar-refractivity contribution in [1.29, 1.82) is 0 Å². The van der Waals surface area contributed by atoms with Crippen LogP contribution in [0.5, 0.6) is 11.5 Å². The number of ether oxygens (including phenoxy) is 2. The molecule has 1 heterocycles. The summed E-state index contributed by atoms with van der Waals surface area (Å²) in [6.45, 7) is 0.397. The second kappa shape index (κ2) is 8.07. The number of benzene rings is 2. The molecule has 0 aliphatic rings. The van der Waals surface area contributed by atoms with E-state index in [9.17, 15) is 18.0 Å². The molecule has 0 saturated heterocycles. The summed E-state index contributed by atoms with van der Waals surface area (Å²) in [5, 5.41) is 7.31. The number of halogens is 3. The normalized spacial score (nSPS) is 11.3. The van der Waals surface area contributed by atoms with Crippen molar-refractivity contribution >= 4 is 5.69 Å². The Bertz CT molecular complexity index is 981. The maximum Gasteiger partial charge on any atom is 0.573 e. The molecule has 0 amide bonds. The summed E-state index contributed by atoms with van der Waals surface area (Å²) in [6, 6.07) is 12.5. The lowest BCUT2D eigenvalue weighted by Gasteiger charge is -2.09. The highest BCUT2D eigenvalue weighted by Crippen LogP contribution is 2.22. The van der Waals surface area contributed by atoms with Crippen molar-refractivity contribution in [3.63, 3.8) is 0 Å². The molecule has 10 heteroatoms. The molecule has 0 spiro atoms. The molecule has 0 aliphatic carbocycles. The monoisotopic (exact) mass is 394 g/mol. The van der Waals surface area contributed by atoms with Crippen LogP contribution in [-0.2, 0) is 13.1 Å². The largest absolute Gasteiger partial charge is 0.573 e. The number of anilines is 1. The van der Waals surface area contributed by atoms with E-state index in [1.54, 1.807) is 13.2 Å². The van der Waals surface area contributed by atoms with Crippen LogP contribution in [0.1, 0.15) is 11.4 Å². The molecule has 3 rings (SSSR count). The predicted octanol–water partition coefficient (Wildman–Crippen LogP) is 3.14. The second-order valence-electron chi connectivity index (χ2n) is 5.81. The molecule has 148 valence electrons. The molecular weight excluding hydrogens is 377 g/mol. The molecule has 7 nitrogen and oxygen atoms in total. The Morgan fingerprint density at radius 3 is 2.57 bits per heavy atom. The number of nitrogens with zero attached hydrogens (tertiary/aromatic N) is 2. The van der Waals surface area contributed by atoms with Gasteiger partial charge in [-0.15, -0.1) is 13.2 Å². The van der Waals surface area contributed by atoms with E-state index in [2.05, 4.69) is 20.1 Å². The highest BCUT2D eigenvalue weighted by Gasteiger charge is 2.30. The van der Waals surface area contributed by atoms with Gasteiger partial charge in [0.05, 0.1) is 20.2 Å². The Morgan fingerprint density at radius 1 is 1.14 bits per heavy atom. The molecule has 0 saturated carbocycles. The number of nitrogens with one attached hydrogen (secondary N) is 2. The zero-order valence-electron chi connectivity index (χ0n) is 14.8. The minimum atomic E-state index is -4.74. The minimum absolute atomic E-state index is 0.112. The van der Waals surface area contributed by atoms with Gasteiger partial charge in [-0.25, -0.2) is 9.48 Å². The van der Waals surface area contributed by atoms with E-state index in [1.807, 2.05) is 18.2 Å². The fraction of sp³-hybridized carbons (Fsp3) is 0.222. The molecular formula is C18H17F3N4O3. The number of hydrogen-bond donors (Lipinski definition) is 2. The zero-order valence-corrected chi connectivity index (χ0v) is 14.8. The minimum Gasteiger partial charge on any atom is -0.497 e. The van der Waals surface area contributed by atoms with Gasteiger partial charge in [-0.1, -0.05) is 18.2 Å². The average molecular weight is 394 g/mol. The quantitative estimate of drug-likeness (QED) is 0.644. The Labute approximate surface area is 157 Å². The Balaban J connectivity index is 1.63. The van der Waals surface area contributed by atoms with E-state index in [4.69, 9.17) is 4.74 Å². The number of aromatic nitrogens is 3. The lowest BCUT2D eigenvalue weighted by atomic mass is 10.2. The van der Waals surface area contributed by atoms with Crippen LogP contribution in [0.15, 0.2) is 53.3 Å². The van der Waals surface area contributed by atoms with E-state index in [-0.39, 0.29) is 18.8 Å². The van der Waals surface area contributed by atoms with Gasteiger partial charge >= 0.3 is 12.1 Å². The molecule has 0 bridgehead atoms. The van der Waals surface area contributed by atoms with Crippen LogP contribution in [0.3, 0.4) is 0 Å². The van der Waals surface area contributed by atoms with Crippen molar-refractivity contribution in [2.75, 3.05) is 12.4 Å². The summed E-state index contributed by atoms with van der Waals surface area (Å²) in [7, 11) is 1.57. The third kappa shape index (κ3) is 5.29. The molecule has 2 aromatic carbocycles. The van der Waals surface area contributed by atoms with Crippen molar-refractivity contribution in [3.8, 4) is 11.5 Å². The second-order valence-corrected chi connectivity index (χ2v) is 5.81. The lowest BCUT2D eigenvalue weighted by Crippen LogP contribution is -2.19. The summed E-state index contributed by atoms with van der Waals surface area (Å²) in [4.78, 5) is 14.7. The van der Waals surface area contributed by atoms with Crippen LogP contribution in [0, 0.1) is 0 Å². The number of aromatic amines is 1. The van der Waals surface area contributed by atoms with E-state index in [0.29, 0.717) is 17.1 Å². The third-order valence-electron chi connectivity index (χ3n) is 3.75. The van der Waals surface area contributed by atoms with Crippen LogP contribution in [0.2, 0.25) is 0 Å². The van der Waals surface area contributed by atoms with Crippen molar-refractivity contribution in [3.05, 3.63) is 70.4 Å². The van der Waals surface area contributed by atoms with E-state index in [0.717, 1.165) is 5.69 Å². The maximum atomic E-state index is 12.2. The van der Waals surface area contributed by atoms with Gasteiger partial charge in [-0.3, -0.25) is 4.98 Å². The van der Waals surface area contributed by atoms with E-state index >= 15 is 0 Å². The number of rotatable bonds is 7. The first kappa shape index (κ1) is 19.3. The first-order chi connectivity index (χ1) is 13.3. The Hall–Kier alpha value is -3.43. The van der Waals surface area contributed by atoms with Gasteiger partial charge in [0, 0.05) is 11.8 Å². The van der Waals surface area contributed by atoms with Gasteiger partial charge in [-0.2, -0.15) is 5.10 Å². The number of alkyl halides is 3. The van der Waals surface area contributed by atoms with Crippen LogP contribution in [-0.4, -0.2) is 28.2 Å². The summed E-state index contributed by atoms with van der Waals surface area (Å²) in [5.74, 6) is 0.792. The molecule has 3 aromatic rings. The lowest BCUT2D eigenvalue weighted by molar-refractivity contribution is -0.274. The SMILES string of the molecule is COc1cccc(NCc2nn(Cc3ccc(OC(F)(F)F)cc3)c(=O)[nH]2)c1. The van der Waals surface area contributed by atoms with Crippen molar-refractivity contribution in [2.45, 2.75) is 19.5 Å². The first-order valence-corrected chi connectivity index (χ1v) is 8.21. The summed E-state index contributed by atoms with van der Waals surface area (Å²) >= 11 is 0. The van der Waals surface area contributed by atoms with Crippen molar-refractivity contribution in [1.82, 2.24) is 14.8 Å². The van der Waals surface area contributed by atoms with Gasteiger partial charge in [0.2, 0.25) is 0 Å². The summed E-state index contributed by atoms with van der Waals surface area (Å²) in [6.07, 6.45) is -4.74. The van der Waals surface area contributed by atoms with Crippen LogP contribution < -0.4 is 20.5 Å². The number of H-pyrrole nitrogens is 1. The van der Waals surface area contributed by atoms with Crippen LogP contribution in [0.25, 0.3) is 0 Å². The number of methoxy groups -OCH3 is 1. The predicted molar refractivity (Wildman–Crippen MR) is 95.4 cm³/mol. The Morgan fingerprint density at radius 2 is 1.89 bits per heavy atom. The topological polar surface area (TPSA) is 81.2 Å². The van der Waals surface area contributed by atoms with Gasteiger partial charge in [0.1, 0.15) is 17.3 Å². The molecule has 1 aromatic heterocycles. The smallest absolute Gasteiger partial charge is 0.497 e. The van der Waals surface area contributed by atoms with Gasteiger partial charge in [0.25, 0.3) is 0 Å². The molecule has 0 atom stereocenters. The van der Waals surface area contributed by atoms with Crippen molar-refractivity contribution < 1.29 is 22.6 Å². The highest BCUT2D eigenvalue weighted by molar-refractivity contribution is 5.48. The summed E-state index contributed by atoms with van der Waals surface area (Å²) in [5.41, 5.74) is 0.989. The van der Waals surface area contributed by atoms with E-state index < -0.39 is 12.1 Å². The van der Waals surface area contributed by atoms with Gasteiger partial charge in [0.15, 0.2) is 0 Å². The van der Waals surface area contributed by atoms with E-state index in [1.165, 1.54) is 28.9 Å². The number of hydrogen-bond acceptors (Lipinski definition) is 5. The fourth-order valence-electron chi connectivity index (χ4n) is 2.48. The molecule has 28 heavy (non-hydrogen) atoms. The maximum absolute atomic E-state index is 12.2. The third-order valence-corrected chi connectivity index (χ3v) is 3.75. The van der Waals surface area contributed by atoms with Gasteiger partial charge in [-0.05, 0) is 29.8 Å². The van der Waals surface area contributed by atoms with Crippen molar-refractivity contribution in [2.24, 2.45) is 0 Å². The van der Waals surface area contributed by atoms with Gasteiger partial charge < -0.3 is 14.8 Å². The first-order valence-electron chi connectivity index (χ1n) is 8.21. The molecule has 2 N–H and O–H groups in total. The highest BCUT2D eigenvalue weighted by atomic mass is 19.4. The van der Waals surface area contributed by atoms with Crippen LogP contribution >= 0.6 is 0 Å². The molecule has 0 radical (unpaired) electrons.